The Kier molecular flexibility index (Phi) is 6.27. The summed E-state index contributed by atoms with van der Waals surface area (Å²) in [5.41, 5.74) is 2.99. The van der Waals surface area contributed by atoms with Gasteiger partial charge in [0.1, 0.15) is 0 Å². The monoisotopic (exact) mass is 399 g/mol. The first-order chi connectivity index (χ1) is 13.7. The lowest BCUT2D eigenvalue weighted by molar-refractivity contribution is 0.0341. The molecule has 148 valence electrons. The van der Waals surface area contributed by atoms with E-state index in [4.69, 9.17) is 16.3 Å². The Morgan fingerprint density at radius 1 is 1.11 bits per heavy atom. The fourth-order valence-corrected chi connectivity index (χ4v) is 4.14. The molecule has 0 aromatic heterocycles. The fraction of sp³-hybridized carbons (Fsp3) is 0.409. The summed E-state index contributed by atoms with van der Waals surface area (Å²) in [5, 5.41) is 4.10. The zero-order valence-electron chi connectivity index (χ0n) is 15.9. The van der Waals surface area contributed by atoms with Gasteiger partial charge in [0.2, 0.25) is 0 Å². The van der Waals surface area contributed by atoms with Crippen LogP contribution in [0, 0.1) is 0 Å². The van der Waals surface area contributed by atoms with E-state index >= 15 is 0 Å². The molecule has 2 aliphatic rings. The van der Waals surface area contributed by atoms with Crippen molar-refractivity contribution in [2.75, 3.05) is 45.9 Å². The topological polar surface area (TPSA) is 44.8 Å². The highest BCUT2D eigenvalue weighted by Gasteiger charge is 2.29. The molecule has 1 unspecified atom stereocenters. The van der Waals surface area contributed by atoms with Gasteiger partial charge in [-0.05, 0) is 35.4 Å². The first-order valence-corrected chi connectivity index (χ1v) is 10.2. The molecule has 0 aliphatic carbocycles. The summed E-state index contributed by atoms with van der Waals surface area (Å²) >= 11 is 6.18. The minimum atomic E-state index is -0.0113. The molecule has 2 saturated heterocycles. The molecule has 2 aliphatic heterocycles. The van der Waals surface area contributed by atoms with Crippen LogP contribution in [0.1, 0.15) is 27.5 Å². The van der Waals surface area contributed by atoms with Crippen LogP contribution in [-0.4, -0.2) is 61.6 Å². The number of hydrogen-bond acceptors (Lipinski definition) is 4. The second-order valence-corrected chi connectivity index (χ2v) is 7.80. The van der Waals surface area contributed by atoms with Gasteiger partial charge in [-0.25, -0.2) is 0 Å². The van der Waals surface area contributed by atoms with Crippen LogP contribution in [0.15, 0.2) is 48.5 Å². The molecule has 1 atom stereocenters. The molecule has 6 heteroatoms. The van der Waals surface area contributed by atoms with Crippen LogP contribution >= 0.6 is 11.6 Å². The Balaban J connectivity index is 1.52. The first kappa shape index (κ1) is 19.4. The lowest BCUT2D eigenvalue weighted by Gasteiger charge is -2.37. The van der Waals surface area contributed by atoms with E-state index in [9.17, 15) is 4.79 Å². The van der Waals surface area contributed by atoms with Crippen LogP contribution in [-0.2, 0) is 11.3 Å². The predicted molar refractivity (Wildman–Crippen MR) is 111 cm³/mol. The predicted octanol–water partition coefficient (Wildman–Crippen LogP) is 2.96. The van der Waals surface area contributed by atoms with Crippen molar-refractivity contribution in [2.24, 2.45) is 0 Å². The molecule has 4 rings (SSSR count). The smallest absolute Gasteiger partial charge is 0.254 e. The number of rotatable bonds is 4. The quantitative estimate of drug-likeness (QED) is 0.858. The molecule has 0 bridgehead atoms. The van der Waals surface area contributed by atoms with Gasteiger partial charge in [-0.15, -0.1) is 0 Å². The molecular formula is C22H26ClN3O2. The molecule has 0 saturated carbocycles. The summed E-state index contributed by atoms with van der Waals surface area (Å²) in [4.78, 5) is 17.7. The molecule has 0 radical (unpaired) electrons. The molecule has 1 amide bonds. The van der Waals surface area contributed by atoms with Crippen molar-refractivity contribution in [1.29, 1.82) is 0 Å². The summed E-state index contributed by atoms with van der Waals surface area (Å²) in [7, 11) is 0. The van der Waals surface area contributed by atoms with Gasteiger partial charge in [0, 0.05) is 49.9 Å². The van der Waals surface area contributed by atoms with Gasteiger partial charge < -0.3 is 15.0 Å². The maximum Gasteiger partial charge on any atom is 0.254 e. The van der Waals surface area contributed by atoms with Crippen molar-refractivity contribution in [2.45, 2.75) is 12.6 Å². The van der Waals surface area contributed by atoms with E-state index in [2.05, 4.69) is 16.3 Å². The van der Waals surface area contributed by atoms with Gasteiger partial charge in [0.25, 0.3) is 5.91 Å². The largest absolute Gasteiger partial charge is 0.379 e. The van der Waals surface area contributed by atoms with E-state index in [0.29, 0.717) is 11.6 Å². The molecule has 2 fully saturated rings. The van der Waals surface area contributed by atoms with E-state index in [1.54, 1.807) is 0 Å². The normalized spacial score (nSPS) is 20.9. The van der Waals surface area contributed by atoms with Gasteiger partial charge in [0.05, 0.1) is 19.3 Å². The van der Waals surface area contributed by atoms with Crippen LogP contribution < -0.4 is 5.32 Å². The molecule has 2 heterocycles. The highest BCUT2D eigenvalue weighted by Crippen LogP contribution is 2.26. The SMILES string of the molecule is O=C(c1cccc(CN2CCOCC2)c1)N1CCNCC1c1cccc(Cl)c1. The Bertz CT molecular complexity index is 823. The number of benzene rings is 2. The van der Waals surface area contributed by atoms with Gasteiger partial charge in [-0.1, -0.05) is 35.9 Å². The Morgan fingerprint density at radius 2 is 1.93 bits per heavy atom. The zero-order chi connectivity index (χ0) is 19.3. The van der Waals surface area contributed by atoms with E-state index < -0.39 is 0 Å². The first-order valence-electron chi connectivity index (χ1n) is 9.87. The van der Waals surface area contributed by atoms with Crippen LogP contribution in [0.4, 0.5) is 0 Å². The molecule has 2 aromatic carbocycles. The Morgan fingerprint density at radius 3 is 2.75 bits per heavy atom. The number of morpholine rings is 1. The van der Waals surface area contributed by atoms with Gasteiger partial charge >= 0.3 is 0 Å². The molecule has 28 heavy (non-hydrogen) atoms. The summed E-state index contributed by atoms with van der Waals surface area (Å²) < 4.78 is 5.42. The fourth-order valence-electron chi connectivity index (χ4n) is 3.95. The van der Waals surface area contributed by atoms with E-state index in [0.717, 1.165) is 57.1 Å². The molecule has 1 N–H and O–H groups in total. The Hall–Kier alpha value is -1.92. The summed E-state index contributed by atoms with van der Waals surface area (Å²) in [5.74, 6) is 0.0790. The lowest BCUT2D eigenvalue weighted by atomic mass is 10.0. The van der Waals surface area contributed by atoms with Crippen molar-refractivity contribution in [3.63, 3.8) is 0 Å². The van der Waals surface area contributed by atoms with Crippen molar-refractivity contribution < 1.29 is 9.53 Å². The number of halogens is 1. The number of hydrogen-bond donors (Lipinski definition) is 1. The van der Waals surface area contributed by atoms with Crippen LogP contribution in [0.3, 0.4) is 0 Å². The second kappa shape index (κ2) is 9.05. The third-order valence-electron chi connectivity index (χ3n) is 5.42. The standard InChI is InChI=1S/C22H26ClN3O2/c23-20-6-2-4-18(14-20)21-15-24-7-8-26(21)22(27)19-5-1-3-17(13-19)16-25-9-11-28-12-10-25/h1-6,13-14,21,24H,7-12,15-16H2. The maximum absolute atomic E-state index is 13.3. The number of piperazine rings is 1. The molecule has 2 aromatic rings. The average Bonchev–Trinajstić information content (AvgIpc) is 2.74. The zero-order valence-corrected chi connectivity index (χ0v) is 16.7. The third kappa shape index (κ3) is 4.55. The van der Waals surface area contributed by atoms with Gasteiger partial charge in [0.15, 0.2) is 0 Å². The minimum absolute atomic E-state index is 0.0113. The van der Waals surface area contributed by atoms with Crippen molar-refractivity contribution in [3.05, 3.63) is 70.2 Å². The lowest BCUT2D eigenvalue weighted by Crippen LogP contribution is -2.48. The summed E-state index contributed by atoms with van der Waals surface area (Å²) in [6.07, 6.45) is 0. The summed E-state index contributed by atoms with van der Waals surface area (Å²) in [6.45, 7) is 6.50. The highest BCUT2D eigenvalue weighted by atomic mass is 35.5. The minimum Gasteiger partial charge on any atom is -0.379 e. The van der Waals surface area contributed by atoms with E-state index in [1.807, 2.05) is 47.4 Å². The maximum atomic E-state index is 13.3. The average molecular weight is 400 g/mol. The van der Waals surface area contributed by atoms with E-state index in [-0.39, 0.29) is 11.9 Å². The second-order valence-electron chi connectivity index (χ2n) is 7.36. The number of ether oxygens (including phenoxy) is 1. The van der Waals surface area contributed by atoms with Crippen molar-refractivity contribution in [3.8, 4) is 0 Å². The Labute approximate surface area is 171 Å². The summed E-state index contributed by atoms with van der Waals surface area (Å²) in [6, 6.07) is 15.8. The van der Waals surface area contributed by atoms with Crippen LogP contribution in [0.5, 0.6) is 0 Å². The number of amides is 1. The van der Waals surface area contributed by atoms with Crippen molar-refractivity contribution >= 4 is 17.5 Å². The van der Waals surface area contributed by atoms with Gasteiger partial charge in [-0.2, -0.15) is 0 Å². The van der Waals surface area contributed by atoms with Crippen LogP contribution in [0.2, 0.25) is 5.02 Å². The number of nitrogens with zero attached hydrogens (tertiary/aromatic N) is 2. The van der Waals surface area contributed by atoms with Crippen LogP contribution in [0.25, 0.3) is 0 Å². The third-order valence-corrected chi connectivity index (χ3v) is 5.66. The highest BCUT2D eigenvalue weighted by molar-refractivity contribution is 6.30. The number of carbonyl (C=O) groups excluding carboxylic acids is 1. The molecule has 5 nitrogen and oxygen atoms in total. The van der Waals surface area contributed by atoms with E-state index in [1.165, 1.54) is 5.56 Å². The van der Waals surface area contributed by atoms with Gasteiger partial charge in [-0.3, -0.25) is 9.69 Å². The van der Waals surface area contributed by atoms with Crippen molar-refractivity contribution in [1.82, 2.24) is 15.1 Å². The number of carbonyl (C=O) groups is 1. The number of nitrogens with one attached hydrogen (secondary N) is 1. The molecule has 0 spiro atoms. The molecular weight excluding hydrogens is 374 g/mol.